The number of nitrogens with zero attached hydrogens (tertiary/aromatic N) is 1. The zero-order valence-electron chi connectivity index (χ0n) is 11.1. The molecule has 2 rings (SSSR count). The first-order valence-corrected chi connectivity index (χ1v) is 5.82. The molecule has 1 aliphatic rings. The molecular weight excluding hydrogens is 262 g/mol. The molecule has 4 heteroatoms. The van der Waals surface area contributed by atoms with E-state index in [1.807, 2.05) is 54.9 Å². The minimum atomic E-state index is 0. The van der Waals surface area contributed by atoms with Crippen molar-refractivity contribution >= 4 is 12.4 Å². The smallest absolute Gasteiger partial charge is 0.161 e. The van der Waals surface area contributed by atoms with E-state index < -0.39 is 0 Å². The average molecular weight is 280 g/mol. The highest BCUT2D eigenvalue weighted by Gasteiger charge is 2.05. The Kier molecular flexibility index (Phi) is 6.03. The molecule has 0 N–H and O–H groups in total. The van der Waals surface area contributed by atoms with Gasteiger partial charge in [-0.25, -0.2) is 0 Å². The van der Waals surface area contributed by atoms with Crippen LogP contribution in [0.5, 0.6) is 11.5 Å². The molecule has 0 saturated heterocycles. The fourth-order valence-electron chi connectivity index (χ4n) is 1.79. The molecular formula is C15H18ClNO2. The third kappa shape index (κ3) is 4.07. The summed E-state index contributed by atoms with van der Waals surface area (Å²) in [7, 11) is 3.29. The van der Waals surface area contributed by atoms with E-state index in [-0.39, 0.29) is 12.4 Å². The first kappa shape index (κ1) is 15.2. The van der Waals surface area contributed by atoms with Crippen LogP contribution in [0.15, 0.2) is 54.9 Å². The van der Waals surface area contributed by atoms with Crippen LogP contribution in [-0.4, -0.2) is 19.1 Å². The van der Waals surface area contributed by atoms with Gasteiger partial charge in [-0.3, -0.25) is 0 Å². The number of benzene rings is 1. The molecule has 0 fully saturated rings. The lowest BCUT2D eigenvalue weighted by Crippen LogP contribution is -2.08. The molecule has 102 valence electrons. The van der Waals surface area contributed by atoms with Crippen molar-refractivity contribution in [2.24, 2.45) is 0 Å². The molecule has 0 spiro atoms. The van der Waals surface area contributed by atoms with Crippen molar-refractivity contribution in [3.05, 3.63) is 60.5 Å². The summed E-state index contributed by atoms with van der Waals surface area (Å²) >= 11 is 0. The van der Waals surface area contributed by atoms with Gasteiger partial charge in [-0.05, 0) is 29.8 Å². The standard InChI is InChI=1S/C15H17NO2.ClH/c1-17-14-8-7-13(11-15(14)18-2)12-16-9-5-3-4-6-10-16;/h3-11H,12H2,1-2H3;1H. The van der Waals surface area contributed by atoms with Crippen molar-refractivity contribution in [2.75, 3.05) is 14.2 Å². The first-order chi connectivity index (χ1) is 8.83. The van der Waals surface area contributed by atoms with Crippen molar-refractivity contribution in [2.45, 2.75) is 6.54 Å². The molecule has 3 nitrogen and oxygen atoms in total. The summed E-state index contributed by atoms with van der Waals surface area (Å²) < 4.78 is 10.5. The summed E-state index contributed by atoms with van der Waals surface area (Å²) in [5.41, 5.74) is 1.17. The second-order valence-corrected chi connectivity index (χ2v) is 3.93. The summed E-state index contributed by atoms with van der Waals surface area (Å²) in [6.07, 6.45) is 12.1. The van der Waals surface area contributed by atoms with Crippen LogP contribution in [0, 0.1) is 0 Å². The number of hydrogen-bond donors (Lipinski definition) is 0. The minimum absolute atomic E-state index is 0. The molecule has 0 bridgehead atoms. The van der Waals surface area contributed by atoms with Crippen LogP contribution in [-0.2, 0) is 6.54 Å². The van der Waals surface area contributed by atoms with Crippen LogP contribution in [0.1, 0.15) is 5.56 Å². The summed E-state index contributed by atoms with van der Waals surface area (Å²) in [6, 6.07) is 5.97. The highest BCUT2D eigenvalue weighted by atomic mass is 35.5. The average Bonchev–Trinajstić information content (AvgIpc) is 2.67. The Morgan fingerprint density at radius 2 is 1.53 bits per heavy atom. The monoisotopic (exact) mass is 279 g/mol. The Morgan fingerprint density at radius 1 is 0.895 bits per heavy atom. The van der Waals surface area contributed by atoms with Gasteiger partial charge in [-0.1, -0.05) is 18.2 Å². The van der Waals surface area contributed by atoms with Gasteiger partial charge in [0.15, 0.2) is 11.5 Å². The van der Waals surface area contributed by atoms with Crippen molar-refractivity contribution in [3.8, 4) is 11.5 Å². The van der Waals surface area contributed by atoms with Gasteiger partial charge in [0.2, 0.25) is 0 Å². The zero-order valence-corrected chi connectivity index (χ0v) is 11.9. The minimum Gasteiger partial charge on any atom is -0.493 e. The Hall–Kier alpha value is -1.87. The number of methoxy groups -OCH3 is 2. The molecule has 1 heterocycles. The van der Waals surface area contributed by atoms with Crippen LogP contribution in [0.2, 0.25) is 0 Å². The number of halogens is 1. The van der Waals surface area contributed by atoms with Gasteiger partial charge >= 0.3 is 0 Å². The molecule has 0 amide bonds. The predicted molar refractivity (Wildman–Crippen MR) is 79.8 cm³/mol. The quantitative estimate of drug-likeness (QED) is 0.842. The fraction of sp³-hybridized carbons (Fsp3) is 0.200. The van der Waals surface area contributed by atoms with Gasteiger partial charge in [0.05, 0.1) is 14.2 Å². The van der Waals surface area contributed by atoms with E-state index in [4.69, 9.17) is 9.47 Å². The Morgan fingerprint density at radius 3 is 2.11 bits per heavy atom. The van der Waals surface area contributed by atoms with E-state index in [0.717, 1.165) is 18.0 Å². The van der Waals surface area contributed by atoms with E-state index in [1.165, 1.54) is 5.56 Å². The Labute approximate surface area is 120 Å². The Bertz CT molecular complexity index is 479. The normalized spacial score (nSPS) is 12.8. The molecule has 1 aromatic rings. The SMILES string of the molecule is COc1ccc(CN2C=CC=CC=C2)cc1OC.Cl. The molecule has 1 aliphatic heterocycles. The summed E-state index contributed by atoms with van der Waals surface area (Å²) in [5.74, 6) is 1.51. The zero-order chi connectivity index (χ0) is 12.8. The summed E-state index contributed by atoms with van der Waals surface area (Å²) in [6.45, 7) is 0.801. The van der Waals surface area contributed by atoms with Crippen LogP contribution in [0.4, 0.5) is 0 Å². The van der Waals surface area contributed by atoms with Gasteiger partial charge in [0.25, 0.3) is 0 Å². The number of rotatable bonds is 4. The summed E-state index contributed by atoms with van der Waals surface area (Å²) in [4.78, 5) is 2.11. The van der Waals surface area contributed by atoms with Gasteiger partial charge in [0.1, 0.15) is 0 Å². The molecule has 1 aromatic carbocycles. The van der Waals surface area contributed by atoms with Crippen molar-refractivity contribution in [1.82, 2.24) is 4.90 Å². The third-order valence-corrected chi connectivity index (χ3v) is 2.70. The molecule has 0 aromatic heterocycles. The molecule has 0 saturated carbocycles. The van der Waals surface area contributed by atoms with Gasteiger partial charge in [0, 0.05) is 18.9 Å². The van der Waals surface area contributed by atoms with E-state index >= 15 is 0 Å². The maximum atomic E-state index is 5.30. The lowest BCUT2D eigenvalue weighted by Gasteiger charge is -2.16. The van der Waals surface area contributed by atoms with E-state index in [9.17, 15) is 0 Å². The van der Waals surface area contributed by atoms with Crippen molar-refractivity contribution in [3.63, 3.8) is 0 Å². The maximum Gasteiger partial charge on any atom is 0.161 e. The van der Waals surface area contributed by atoms with E-state index in [1.54, 1.807) is 14.2 Å². The molecule has 0 aliphatic carbocycles. The fourth-order valence-corrected chi connectivity index (χ4v) is 1.79. The second kappa shape index (κ2) is 7.54. The predicted octanol–water partition coefficient (Wildman–Crippen LogP) is 3.52. The maximum absolute atomic E-state index is 5.30. The van der Waals surface area contributed by atoms with Gasteiger partial charge in [-0.2, -0.15) is 0 Å². The lowest BCUT2D eigenvalue weighted by atomic mass is 10.2. The van der Waals surface area contributed by atoms with Crippen molar-refractivity contribution in [1.29, 1.82) is 0 Å². The Balaban J connectivity index is 0.00000180. The van der Waals surface area contributed by atoms with Crippen LogP contribution < -0.4 is 9.47 Å². The van der Waals surface area contributed by atoms with Gasteiger partial charge in [-0.15, -0.1) is 12.4 Å². The topological polar surface area (TPSA) is 21.7 Å². The largest absolute Gasteiger partial charge is 0.493 e. The molecule has 19 heavy (non-hydrogen) atoms. The molecule has 0 radical (unpaired) electrons. The summed E-state index contributed by atoms with van der Waals surface area (Å²) in [5, 5.41) is 0. The van der Waals surface area contributed by atoms with E-state index in [2.05, 4.69) is 4.90 Å². The highest BCUT2D eigenvalue weighted by molar-refractivity contribution is 5.85. The lowest BCUT2D eigenvalue weighted by molar-refractivity contribution is 0.354. The van der Waals surface area contributed by atoms with Crippen LogP contribution >= 0.6 is 12.4 Å². The number of allylic oxidation sites excluding steroid dienone is 4. The van der Waals surface area contributed by atoms with Gasteiger partial charge < -0.3 is 14.4 Å². The first-order valence-electron chi connectivity index (χ1n) is 5.82. The molecule has 0 atom stereocenters. The second-order valence-electron chi connectivity index (χ2n) is 3.93. The van der Waals surface area contributed by atoms with Crippen molar-refractivity contribution < 1.29 is 9.47 Å². The van der Waals surface area contributed by atoms with Crippen LogP contribution in [0.25, 0.3) is 0 Å². The van der Waals surface area contributed by atoms with Crippen LogP contribution in [0.3, 0.4) is 0 Å². The van der Waals surface area contributed by atoms with E-state index in [0.29, 0.717) is 0 Å². The number of hydrogen-bond acceptors (Lipinski definition) is 3. The molecule has 0 unspecified atom stereocenters. The highest BCUT2D eigenvalue weighted by Crippen LogP contribution is 2.28. The number of ether oxygens (including phenoxy) is 2. The third-order valence-electron chi connectivity index (χ3n) is 2.70.